The Kier molecular flexibility index (Phi) is 6.68. The lowest BCUT2D eigenvalue weighted by atomic mass is 10.3. The highest BCUT2D eigenvalue weighted by Crippen LogP contribution is 2.21. The zero-order valence-electron chi connectivity index (χ0n) is 11.6. The summed E-state index contributed by atoms with van der Waals surface area (Å²) >= 11 is 1.62. The third kappa shape index (κ3) is 5.04. The Morgan fingerprint density at radius 2 is 2.00 bits per heavy atom. The van der Waals surface area contributed by atoms with Crippen LogP contribution in [0.2, 0.25) is 0 Å². The third-order valence-electron chi connectivity index (χ3n) is 2.52. The molecule has 0 heterocycles. The van der Waals surface area contributed by atoms with Gasteiger partial charge in [0.1, 0.15) is 4.90 Å². The van der Waals surface area contributed by atoms with E-state index >= 15 is 0 Å². The molecule has 4 nitrogen and oxygen atoms in total. The van der Waals surface area contributed by atoms with Crippen molar-refractivity contribution in [2.45, 2.75) is 31.2 Å². The van der Waals surface area contributed by atoms with E-state index in [0.717, 1.165) is 18.7 Å². The summed E-state index contributed by atoms with van der Waals surface area (Å²) in [5.41, 5.74) is 0.660. The van der Waals surface area contributed by atoms with E-state index in [4.69, 9.17) is 0 Å². The van der Waals surface area contributed by atoms with Gasteiger partial charge in [-0.2, -0.15) is 11.8 Å². The second kappa shape index (κ2) is 7.77. The van der Waals surface area contributed by atoms with E-state index in [1.54, 1.807) is 30.0 Å². The Balaban J connectivity index is 2.94. The molecule has 0 spiro atoms. The fourth-order valence-electron chi connectivity index (χ4n) is 1.72. The van der Waals surface area contributed by atoms with E-state index in [2.05, 4.69) is 10.0 Å². The van der Waals surface area contributed by atoms with Crippen molar-refractivity contribution >= 4 is 27.5 Å². The predicted molar refractivity (Wildman–Crippen MR) is 83.4 cm³/mol. The van der Waals surface area contributed by atoms with Crippen LogP contribution in [0.25, 0.3) is 0 Å². The lowest BCUT2D eigenvalue weighted by Gasteiger charge is -2.16. The van der Waals surface area contributed by atoms with Gasteiger partial charge in [0.2, 0.25) is 10.0 Å². The summed E-state index contributed by atoms with van der Waals surface area (Å²) in [4.78, 5) is 0.316. The molecule has 6 heteroatoms. The Bertz CT molecular complexity index is 489. The Labute approximate surface area is 120 Å². The van der Waals surface area contributed by atoms with Crippen molar-refractivity contribution in [3.63, 3.8) is 0 Å². The molecule has 0 aromatic heterocycles. The van der Waals surface area contributed by atoms with Crippen molar-refractivity contribution in [3.05, 3.63) is 24.3 Å². The number of nitrogens with one attached hydrogen (secondary N) is 2. The average molecular weight is 302 g/mol. The maximum Gasteiger partial charge on any atom is 0.242 e. The molecule has 0 aliphatic heterocycles. The molecule has 0 saturated heterocycles. The number of thioether (sulfide) groups is 1. The van der Waals surface area contributed by atoms with Crippen molar-refractivity contribution < 1.29 is 8.42 Å². The number of hydrogen-bond acceptors (Lipinski definition) is 4. The lowest BCUT2D eigenvalue weighted by molar-refractivity contribution is 0.571. The molecule has 1 unspecified atom stereocenters. The molecule has 19 heavy (non-hydrogen) atoms. The van der Waals surface area contributed by atoms with Crippen molar-refractivity contribution in [1.29, 1.82) is 0 Å². The summed E-state index contributed by atoms with van der Waals surface area (Å²) in [5.74, 6) is 0.754. The highest BCUT2D eigenvalue weighted by Gasteiger charge is 2.20. The largest absolute Gasteiger partial charge is 0.384 e. The normalized spacial score (nSPS) is 13.2. The minimum absolute atomic E-state index is 0.0840. The Hall–Kier alpha value is -0.720. The highest BCUT2D eigenvalue weighted by atomic mass is 32.2. The predicted octanol–water partition coefficient (Wildman–Crippen LogP) is 2.54. The molecular formula is C13H22N2O2S2. The maximum absolute atomic E-state index is 12.3. The Morgan fingerprint density at radius 1 is 1.32 bits per heavy atom. The summed E-state index contributed by atoms with van der Waals surface area (Å²) in [6.07, 6.45) is 2.91. The molecule has 108 valence electrons. The van der Waals surface area contributed by atoms with Gasteiger partial charge in [-0.25, -0.2) is 13.1 Å². The molecular weight excluding hydrogens is 280 g/mol. The third-order valence-corrected chi connectivity index (χ3v) is 5.00. The lowest BCUT2D eigenvalue weighted by Crippen LogP contribution is -2.34. The Morgan fingerprint density at radius 3 is 2.63 bits per heavy atom. The number of sulfonamides is 1. The van der Waals surface area contributed by atoms with E-state index < -0.39 is 10.0 Å². The summed E-state index contributed by atoms with van der Waals surface area (Å²) in [6, 6.07) is 6.92. The fourth-order valence-corrected chi connectivity index (χ4v) is 3.84. The van der Waals surface area contributed by atoms with Crippen LogP contribution in [-0.4, -0.2) is 33.0 Å². The van der Waals surface area contributed by atoms with Gasteiger partial charge < -0.3 is 5.32 Å². The van der Waals surface area contributed by atoms with Crippen LogP contribution < -0.4 is 10.0 Å². The molecule has 0 saturated carbocycles. The smallest absolute Gasteiger partial charge is 0.242 e. The molecule has 0 aliphatic rings. The first-order valence-corrected chi connectivity index (χ1v) is 9.23. The zero-order valence-corrected chi connectivity index (χ0v) is 13.3. The van der Waals surface area contributed by atoms with E-state index in [1.807, 2.05) is 26.2 Å². The number of para-hydroxylation sites is 1. The monoisotopic (exact) mass is 302 g/mol. The highest BCUT2D eigenvalue weighted by molar-refractivity contribution is 7.98. The standard InChI is InChI=1S/C13H22N2O2S2/c1-4-9-14-12-7-5-6-8-13(12)19(16,17)15-11(2)10-18-3/h5-8,11,14-15H,4,9-10H2,1-3H3. The molecule has 2 N–H and O–H groups in total. The van der Waals surface area contributed by atoms with Gasteiger partial charge in [0, 0.05) is 18.3 Å². The quantitative estimate of drug-likeness (QED) is 0.775. The maximum atomic E-state index is 12.3. The molecule has 0 amide bonds. The van der Waals surface area contributed by atoms with Crippen molar-refractivity contribution in [1.82, 2.24) is 4.72 Å². The SMILES string of the molecule is CCCNc1ccccc1S(=O)(=O)NC(C)CSC. The first kappa shape index (κ1) is 16.3. The zero-order chi connectivity index (χ0) is 14.3. The van der Waals surface area contributed by atoms with Gasteiger partial charge in [-0.15, -0.1) is 0 Å². The van der Waals surface area contributed by atoms with Gasteiger partial charge in [-0.05, 0) is 31.7 Å². The van der Waals surface area contributed by atoms with Crippen LogP contribution in [0.5, 0.6) is 0 Å². The summed E-state index contributed by atoms with van der Waals surface area (Å²) in [6.45, 7) is 4.67. The van der Waals surface area contributed by atoms with E-state index in [-0.39, 0.29) is 6.04 Å². The molecule has 0 radical (unpaired) electrons. The molecule has 1 atom stereocenters. The summed E-state index contributed by atoms with van der Waals surface area (Å²) in [7, 11) is -3.47. The molecule has 1 aromatic rings. The number of benzene rings is 1. The average Bonchev–Trinajstić information content (AvgIpc) is 2.36. The van der Waals surface area contributed by atoms with Crippen molar-refractivity contribution in [3.8, 4) is 0 Å². The minimum atomic E-state index is -3.47. The molecule has 1 rings (SSSR count). The first-order chi connectivity index (χ1) is 9.01. The minimum Gasteiger partial charge on any atom is -0.384 e. The summed E-state index contributed by atoms with van der Waals surface area (Å²) < 4.78 is 27.4. The van der Waals surface area contributed by atoms with E-state index in [9.17, 15) is 8.42 Å². The van der Waals surface area contributed by atoms with Gasteiger partial charge >= 0.3 is 0 Å². The topological polar surface area (TPSA) is 58.2 Å². The van der Waals surface area contributed by atoms with Gasteiger partial charge in [0.15, 0.2) is 0 Å². The molecule has 0 fully saturated rings. The van der Waals surface area contributed by atoms with Gasteiger partial charge in [0.05, 0.1) is 5.69 Å². The van der Waals surface area contributed by atoms with Gasteiger partial charge in [-0.3, -0.25) is 0 Å². The van der Waals surface area contributed by atoms with Crippen LogP contribution in [0, 0.1) is 0 Å². The fraction of sp³-hybridized carbons (Fsp3) is 0.538. The first-order valence-electron chi connectivity index (χ1n) is 6.35. The van der Waals surface area contributed by atoms with E-state index in [1.165, 1.54) is 0 Å². The van der Waals surface area contributed by atoms with Gasteiger partial charge in [-0.1, -0.05) is 19.1 Å². The number of anilines is 1. The number of rotatable bonds is 8. The van der Waals surface area contributed by atoms with Gasteiger partial charge in [0.25, 0.3) is 0 Å². The van der Waals surface area contributed by atoms with Crippen molar-refractivity contribution in [2.75, 3.05) is 23.9 Å². The van der Waals surface area contributed by atoms with Crippen LogP contribution in [-0.2, 0) is 10.0 Å². The van der Waals surface area contributed by atoms with E-state index in [0.29, 0.717) is 10.6 Å². The second-order valence-corrected chi connectivity index (χ2v) is 6.99. The van der Waals surface area contributed by atoms with Crippen LogP contribution in [0.15, 0.2) is 29.2 Å². The van der Waals surface area contributed by atoms with Crippen LogP contribution in [0.3, 0.4) is 0 Å². The molecule has 0 aliphatic carbocycles. The molecule has 0 bridgehead atoms. The van der Waals surface area contributed by atoms with Crippen LogP contribution >= 0.6 is 11.8 Å². The second-order valence-electron chi connectivity index (χ2n) is 4.40. The van der Waals surface area contributed by atoms with Crippen molar-refractivity contribution in [2.24, 2.45) is 0 Å². The molecule has 1 aromatic carbocycles. The van der Waals surface area contributed by atoms with Crippen LogP contribution in [0.4, 0.5) is 5.69 Å². The van der Waals surface area contributed by atoms with Crippen LogP contribution in [0.1, 0.15) is 20.3 Å². The number of hydrogen-bond donors (Lipinski definition) is 2. The summed E-state index contributed by atoms with van der Waals surface area (Å²) in [5, 5.41) is 3.15.